The van der Waals surface area contributed by atoms with Gasteiger partial charge in [0.25, 0.3) is 0 Å². The van der Waals surface area contributed by atoms with Crippen molar-refractivity contribution in [3.8, 4) is 0 Å². The predicted octanol–water partition coefficient (Wildman–Crippen LogP) is 14.3. The van der Waals surface area contributed by atoms with Crippen LogP contribution in [0.3, 0.4) is 0 Å². The lowest BCUT2D eigenvalue weighted by atomic mass is 9.61. The lowest BCUT2D eigenvalue weighted by Gasteiger charge is -2.77. The van der Waals surface area contributed by atoms with Gasteiger partial charge >= 0.3 is 0 Å². The summed E-state index contributed by atoms with van der Waals surface area (Å²) in [6, 6.07) is 75.3. The van der Waals surface area contributed by atoms with Crippen LogP contribution in [-0.2, 0) is 9.47 Å². The number of anilines is 4. The Hall–Kier alpha value is -4.70. The van der Waals surface area contributed by atoms with Crippen molar-refractivity contribution < 1.29 is 9.47 Å². The molecule has 6 saturated carbocycles. The van der Waals surface area contributed by atoms with Gasteiger partial charge in [-0.15, -0.1) is 0 Å². The molecule has 78 heavy (non-hydrogen) atoms. The molecule has 6 aromatic carbocycles. The highest BCUT2D eigenvalue weighted by atomic mass is 31.1. The van der Waals surface area contributed by atoms with E-state index >= 15 is 0 Å². The smallest absolute Gasteiger partial charge is 0.0670 e. The van der Waals surface area contributed by atoms with Gasteiger partial charge in [-0.25, -0.2) is 0 Å². The van der Waals surface area contributed by atoms with E-state index in [4.69, 9.17) is 9.47 Å². The Morgan fingerprint density at radius 2 is 0.615 bits per heavy atom. The van der Waals surface area contributed by atoms with Gasteiger partial charge in [-0.3, -0.25) is 0 Å². The van der Waals surface area contributed by atoms with Crippen LogP contribution in [0.15, 0.2) is 182 Å². The molecule has 12 fully saturated rings. The van der Waals surface area contributed by atoms with E-state index in [-0.39, 0.29) is 15.8 Å². The quantitative estimate of drug-likeness (QED) is 0.155. The van der Waals surface area contributed by atoms with Crippen molar-refractivity contribution in [3.05, 3.63) is 193 Å². The molecule has 0 N–H and O–H groups in total. The Morgan fingerprint density at radius 3 is 0.974 bits per heavy atom. The van der Waals surface area contributed by atoms with Crippen molar-refractivity contribution in [1.29, 1.82) is 0 Å². The molecule has 12 aliphatic rings. The maximum absolute atomic E-state index is 8.19. The monoisotopic (exact) mass is 1070 g/mol. The summed E-state index contributed by atoms with van der Waals surface area (Å²) in [5, 5.41) is 0. The first-order valence-electron chi connectivity index (χ1n) is 31.0. The number of hydrogen-bond acceptors (Lipinski definition) is 6. The van der Waals surface area contributed by atoms with Crippen LogP contribution in [0.5, 0.6) is 0 Å². The normalized spacial score (nSPS) is 43.8. The highest BCUT2D eigenvalue weighted by Crippen LogP contribution is 2.78. The third-order valence-corrected chi connectivity index (χ3v) is 31.6. The zero-order valence-corrected chi connectivity index (χ0v) is 46.8. The highest BCUT2D eigenvalue weighted by Gasteiger charge is 2.74. The molecule has 18 rings (SSSR count). The van der Waals surface area contributed by atoms with Crippen LogP contribution in [0, 0.1) is 11.8 Å². The molecule has 0 amide bonds. The fourth-order valence-corrected chi connectivity index (χ4v) is 31.6. The molecule has 6 saturated heterocycles. The summed E-state index contributed by atoms with van der Waals surface area (Å²) in [6.07, 6.45) is 16.3. The van der Waals surface area contributed by atoms with Crippen LogP contribution in [0.1, 0.15) is 100 Å². The summed E-state index contributed by atoms with van der Waals surface area (Å²) < 4.78 is 16.4. The van der Waals surface area contributed by atoms with Crippen LogP contribution in [0.4, 0.5) is 22.7 Å². The third kappa shape index (κ3) is 6.82. The molecule has 6 aromatic rings. The zero-order chi connectivity index (χ0) is 50.7. The molecule has 6 nitrogen and oxygen atoms in total. The number of rotatable bonds is 6. The van der Waals surface area contributed by atoms with Crippen molar-refractivity contribution >= 4 is 38.6 Å². The average molecular weight is 1070 g/mol. The average Bonchev–Trinajstić information content (AvgIpc) is 1.66. The van der Waals surface area contributed by atoms with Gasteiger partial charge in [0, 0.05) is 105 Å². The van der Waals surface area contributed by atoms with Gasteiger partial charge in [0.15, 0.2) is 0 Å². The number of benzene rings is 6. The second kappa shape index (κ2) is 18.4. The predicted molar refractivity (Wildman–Crippen MR) is 321 cm³/mol. The van der Waals surface area contributed by atoms with Crippen molar-refractivity contribution in [3.63, 3.8) is 0 Å². The van der Waals surface area contributed by atoms with Gasteiger partial charge < -0.3 is 29.1 Å². The molecule has 6 aliphatic carbocycles. The Kier molecular flexibility index (Phi) is 11.1. The lowest BCUT2D eigenvalue weighted by Crippen LogP contribution is -2.82. The summed E-state index contributed by atoms with van der Waals surface area (Å²) in [5.41, 5.74) is 12.6. The first-order chi connectivity index (χ1) is 38.7. The minimum absolute atomic E-state index is 0.292. The molecule has 6 aliphatic heterocycles. The van der Waals surface area contributed by atoms with E-state index in [0.29, 0.717) is 130 Å². The lowest BCUT2D eigenvalue weighted by molar-refractivity contribution is -0.124. The maximum Gasteiger partial charge on any atom is 0.0670 e. The Balaban J connectivity index is 0.837. The number of nitrogens with zero attached hydrogens (tertiary/aromatic N) is 4. The summed E-state index contributed by atoms with van der Waals surface area (Å²) in [6.45, 7) is 0. The summed E-state index contributed by atoms with van der Waals surface area (Å²) in [7, 11) is -0.749. The van der Waals surface area contributed by atoms with Crippen molar-refractivity contribution in [2.75, 3.05) is 19.6 Å². The summed E-state index contributed by atoms with van der Waals surface area (Å²) in [4.78, 5) is 12.6. The SMILES string of the molecule is c1ccc(C2CC3C4C(C2)N(c2ccccc2)C2C5CC6OC7CCCC8C7P7C9C(CC(c%10ccccc%10)CC9N(c9ccccc9)C(C5CC5OC9CCCC(C9P4C52)N3c2ccccc2)C67)N8c2ccccc2)cc1. The summed E-state index contributed by atoms with van der Waals surface area (Å²) in [5.74, 6) is 2.06. The van der Waals surface area contributed by atoms with E-state index in [1.165, 1.54) is 99.8 Å². The molecule has 0 radical (unpaired) electrons. The molecule has 0 bridgehead atoms. The topological polar surface area (TPSA) is 31.4 Å². The zero-order valence-electron chi connectivity index (χ0n) is 45.0. The van der Waals surface area contributed by atoms with Gasteiger partial charge in [-0.2, -0.15) is 0 Å². The van der Waals surface area contributed by atoms with E-state index in [2.05, 4.69) is 202 Å². The van der Waals surface area contributed by atoms with Gasteiger partial charge in [0.1, 0.15) is 0 Å². The fraction of sp³-hybridized carbons (Fsp3) is 0.486. The van der Waals surface area contributed by atoms with E-state index in [9.17, 15) is 0 Å². The molecule has 0 spiro atoms. The van der Waals surface area contributed by atoms with Crippen LogP contribution in [0.25, 0.3) is 0 Å². The minimum Gasteiger partial charge on any atom is -0.373 e. The highest BCUT2D eigenvalue weighted by molar-refractivity contribution is 7.61. The molecule has 24 atom stereocenters. The van der Waals surface area contributed by atoms with Gasteiger partial charge in [-0.05, 0) is 160 Å². The number of hydrogen-bond donors (Lipinski definition) is 0. The minimum atomic E-state index is -0.374. The summed E-state index contributed by atoms with van der Waals surface area (Å²) >= 11 is 0. The van der Waals surface area contributed by atoms with Crippen LogP contribution >= 0.6 is 15.8 Å². The second-order valence-electron chi connectivity index (χ2n) is 26.4. The van der Waals surface area contributed by atoms with Crippen molar-refractivity contribution in [2.45, 2.75) is 196 Å². The van der Waals surface area contributed by atoms with Crippen molar-refractivity contribution in [1.82, 2.24) is 0 Å². The van der Waals surface area contributed by atoms with E-state index in [0.717, 1.165) is 0 Å². The van der Waals surface area contributed by atoms with E-state index in [1.807, 2.05) is 0 Å². The van der Waals surface area contributed by atoms with Crippen LogP contribution in [0.2, 0.25) is 0 Å². The molecule has 398 valence electrons. The van der Waals surface area contributed by atoms with Crippen LogP contribution < -0.4 is 19.6 Å². The fourth-order valence-electron chi connectivity index (χ4n) is 21.4. The maximum atomic E-state index is 8.19. The molecule has 8 heteroatoms. The Labute approximate surface area is 465 Å². The Morgan fingerprint density at radius 1 is 0.295 bits per heavy atom. The Bertz CT molecular complexity index is 2920. The van der Waals surface area contributed by atoms with Gasteiger partial charge in [-0.1, -0.05) is 149 Å². The molecule has 24 unspecified atom stereocenters. The van der Waals surface area contributed by atoms with Gasteiger partial charge in [0.05, 0.1) is 24.4 Å². The van der Waals surface area contributed by atoms with Crippen molar-refractivity contribution in [2.24, 2.45) is 11.8 Å². The number of ether oxygens (including phenoxy) is 2. The standard InChI is InChI=1S/C70H76N4O2P2/c1-7-21-43(22-8-1)45-37-55-65-57(39-45)73(49-29-15-5-16-30-49)63-51-41-62-70-64(52(51)42-61-69(63)77(65)67-53(33-19-35-59(67)75-61)71(55)47-25-11-3-12-26-47)74(50-31-17-6-18-32-50)58-40-46(44-23-9-2-10-24-44)38-56-66(58)78(70)68-54(34-20-36-60(68)76-62)72(56)48-27-13-4-14-28-48/h1-18,21-32,45-46,51-70H,19-20,33-42H2. The first-order valence-corrected chi connectivity index (χ1v) is 34.1. The molecular weight excluding hydrogens is 991 g/mol. The van der Waals surface area contributed by atoms with Crippen LogP contribution in [-0.4, -0.2) is 107 Å². The number of para-hydroxylation sites is 4. The molecular formula is C70H76N4O2P2. The molecule has 6 heterocycles. The van der Waals surface area contributed by atoms with E-state index < -0.39 is 0 Å². The number of fused-ring (bicyclic) bond motifs is 3. The van der Waals surface area contributed by atoms with E-state index in [1.54, 1.807) is 11.1 Å². The second-order valence-corrected chi connectivity index (χ2v) is 31.8. The van der Waals surface area contributed by atoms with Gasteiger partial charge in [0.2, 0.25) is 0 Å². The molecule has 0 aromatic heterocycles. The first kappa shape index (κ1) is 47.0. The third-order valence-electron chi connectivity index (χ3n) is 23.4. The largest absolute Gasteiger partial charge is 0.373 e.